The SMILES string of the molecule is COc1ccc([N+](=O)[O-])cc1NC(=O)c1cc(S(=O)(=O)N2CCCCCC2)ccc1OC. The molecule has 0 aromatic heterocycles. The smallest absolute Gasteiger partial charge is 0.271 e. The number of hydrogen-bond acceptors (Lipinski definition) is 7. The summed E-state index contributed by atoms with van der Waals surface area (Å²) in [4.78, 5) is 23.5. The van der Waals surface area contributed by atoms with E-state index in [1.165, 1.54) is 54.9 Å². The van der Waals surface area contributed by atoms with Crippen molar-refractivity contribution in [2.75, 3.05) is 32.6 Å². The Morgan fingerprint density at radius 3 is 2.22 bits per heavy atom. The van der Waals surface area contributed by atoms with Gasteiger partial charge in [-0.25, -0.2) is 8.42 Å². The predicted molar refractivity (Wildman–Crippen MR) is 118 cm³/mol. The van der Waals surface area contributed by atoms with Crippen molar-refractivity contribution in [3.05, 3.63) is 52.1 Å². The highest BCUT2D eigenvalue weighted by Crippen LogP contribution is 2.31. The molecule has 0 atom stereocenters. The van der Waals surface area contributed by atoms with Gasteiger partial charge in [0.2, 0.25) is 10.0 Å². The second kappa shape index (κ2) is 9.96. The third kappa shape index (κ3) is 5.00. The van der Waals surface area contributed by atoms with Crippen molar-refractivity contribution in [1.82, 2.24) is 4.31 Å². The maximum atomic E-state index is 13.2. The highest BCUT2D eigenvalue weighted by Gasteiger charge is 2.27. The lowest BCUT2D eigenvalue weighted by molar-refractivity contribution is -0.384. The van der Waals surface area contributed by atoms with Crippen LogP contribution in [-0.2, 0) is 10.0 Å². The van der Waals surface area contributed by atoms with Crippen LogP contribution in [0.3, 0.4) is 0 Å². The number of amides is 1. The number of carbonyl (C=O) groups excluding carboxylic acids is 1. The largest absolute Gasteiger partial charge is 0.496 e. The molecule has 0 radical (unpaired) electrons. The molecule has 172 valence electrons. The molecule has 2 aromatic rings. The molecule has 10 nitrogen and oxygen atoms in total. The van der Waals surface area contributed by atoms with Crippen molar-refractivity contribution in [3.63, 3.8) is 0 Å². The summed E-state index contributed by atoms with van der Waals surface area (Å²) in [7, 11) is -1.06. The molecule has 1 saturated heterocycles. The van der Waals surface area contributed by atoms with Crippen LogP contribution in [-0.4, -0.2) is 50.9 Å². The normalized spacial score (nSPS) is 14.9. The minimum Gasteiger partial charge on any atom is -0.496 e. The molecule has 0 aliphatic carbocycles. The summed E-state index contributed by atoms with van der Waals surface area (Å²) < 4.78 is 38.2. The number of non-ortho nitro benzene ring substituents is 1. The van der Waals surface area contributed by atoms with E-state index in [0.717, 1.165) is 25.7 Å². The number of nitro groups is 1. The number of hydrogen-bond donors (Lipinski definition) is 1. The van der Waals surface area contributed by atoms with Crippen LogP contribution in [0.2, 0.25) is 0 Å². The van der Waals surface area contributed by atoms with E-state index >= 15 is 0 Å². The number of anilines is 1. The summed E-state index contributed by atoms with van der Waals surface area (Å²) in [6.45, 7) is 0.863. The molecule has 3 rings (SSSR count). The monoisotopic (exact) mass is 463 g/mol. The molecular weight excluding hydrogens is 438 g/mol. The third-order valence-corrected chi connectivity index (χ3v) is 7.16. The minimum atomic E-state index is -3.79. The molecule has 32 heavy (non-hydrogen) atoms. The average Bonchev–Trinajstić information content (AvgIpc) is 3.08. The molecule has 1 aliphatic heterocycles. The summed E-state index contributed by atoms with van der Waals surface area (Å²) >= 11 is 0. The van der Waals surface area contributed by atoms with Crippen LogP contribution in [0.4, 0.5) is 11.4 Å². The molecule has 0 saturated carbocycles. The van der Waals surface area contributed by atoms with E-state index in [9.17, 15) is 23.3 Å². The van der Waals surface area contributed by atoms with Crippen LogP contribution in [0.1, 0.15) is 36.0 Å². The molecular formula is C21H25N3O7S. The van der Waals surface area contributed by atoms with Crippen LogP contribution in [0.15, 0.2) is 41.3 Å². The van der Waals surface area contributed by atoms with Gasteiger partial charge < -0.3 is 14.8 Å². The summed E-state index contributed by atoms with van der Waals surface area (Å²) in [5.41, 5.74) is -0.169. The Hall–Kier alpha value is -3.18. The molecule has 0 bridgehead atoms. The van der Waals surface area contributed by atoms with Crippen molar-refractivity contribution < 1.29 is 27.6 Å². The first-order valence-electron chi connectivity index (χ1n) is 10.1. The first-order chi connectivity index (χ1) is 15.3. The molecule has 1 N–H and O–H groups in total. The Balaban J connectivity index is 1.96. The van der Waals surface area contributed by atoms with Gasteiger partial charge in [0.1, 0.15) is 11.5 Å². The van der Waals surface area contributed by atoms with Crippen LogP contribution in [0.5, 0.6) is 11.5 Å². The molecule has 1 aliphatic rings. The number of sulfonamides is 1. The van der Waals surface area contributed by atoms with Gasteiger partial charge in [-0.05, 0) is 37.1 Å². The van der Waals surface area contributed by atoms with E-state index in [1.807, 2.05) is 0 Å². The zero-order valence-electron chi connectivity index (χ0n) is 17.9. The number of nitro benzene ring substituents is 1. The van der Waals surface area contributed by atoms with Gasteiger partial charge in [0, 0.05) is 25.2 Å². The number of carbonyl (C=O) groups is 1. The summed E-state index contributed by atoms with van der Waals surface area (Å²) in [6.07, 6.45) is 3.53. The Labute approximate surface area is 186 Å². The zero-order valence-corrected chi connectivity index (χ0v) is 18.7. The van der Waals surface area contributed by atoms with Crippen molar-refractivity contribution in [2.24, 2.45) is 0 Å². The second-order valence-corrected chi connectivity index (χ2v) is 9.21. The van der Waals surface area contributed by atoms with Gasteiger partial charge in [-0.3, -0.25) is 14.9 Å². The maximum absolute atomic E-state index is 13.2. The molecule has 11 heteroatoms. The van der Waals surface area contributed by atoms with E-state index in [0.29, 0.717) is 13.1 Å². The van der Waals surface area contributed by atoms with Gasteiger partial charge in [0.05, 0.1) is 35.3 Å². The number of rotatable bonds is 7. The van der Waals surface area contributed by atoms with E-state index in [4.69, 9.17) is 9.47 Å². The quantitative estimate of drug-likeness (QED) is 0.492. The van der Waals surface area contributed by atoms with E-state index in [2.05, 4.69) is 5.32 Å². The molecule has 1 fully saturated rings. The molecule has 0 unspecified atom stereocenters. The van der Waals surface area contributed by atoms with Crippen LogP contribution in [0, 0.1) is 10.1 Å². The number of nitrogens with zero attached hydrogens (tertiary/aromatic N) is 2. The molecule has 1 heterocycles. The Morgan fingerprint density at radius 2 is 1.62 bits per heavy atom. The topological polar surface area (TPSA) is 128 Å². The highest BCUT2D eigenvalue weighted by molar-refractivity contribution is 7.89. The highest BCUT2D eigenvalue weighted by atomic mass is 32.2. The van der Waals surface area contributed by atoms with E-state index in [1.54, 1.807) is 0 Å². The van der Waals surface area contributed by atoms with Crippen LogP contribution < -0.4 is 14.8 Å². The fourth-order valence-electron chi connectivity index (χ4n) is 3.55. The van der Waals surface area contributed by atoms with Gasteiger partial charge in [0.15, 0.2) is 0 Å². The number of methoxy groups -OCH3 is 2. The fourth-order valence-corrected chi connectivity index (χ4v) is 5.10. The minimum absolute atomic E-state index is 0.0167. The Kier molecular flexibility index (Phi) is 7.31. The standard InChI is InChI=1S/C21H25N3O7S/c1-30-19-10-8-16(32(28,29)23-11-5-3-4-6-12-23)14-17(19)21(25)22-18-13-15(24(26)27)7-9-20(18)31-2/h7-10,13-14H,3-6,11-12H2,1-2H3,(H,22,25). The lowest BCUT2D eigenvalue weighted by atomic mass is 10.1. The summed E-state index contributed by atoms with van der Waals surface area (Å²) in [5, 5.41) is 13.7. The number of nitrogens with one attached hydrogen (secondary N) is 1. The molecule has 2 aromatic carbocycles. The first kappa shape index (κ1) is 23.5. The van der Waals surface area contributed by atoms with Crippen molar-refractivity contribution in [3.8, 4) is 11.5 Å². The fraction of sp³-hybridized carbons (Fsp3) is 0.381. The zero-order chi connectivity index (χ0) is 23.3. The predicted octanol–water partition coefficient (Wildman–Crippen LogP) is 3.43. The van der Waals surface area contributed by atoms with Crippen LogP contribution in [0.25, 0.3) is 0 Å². The van der Waals surface area contributed by atoms with E-state index in [-0.39, 0.29) is 33.3 Å². The number of ether oxygens (including phenoxy) is 2. The van der Waals surface area contributed by atoms with Gasteiger partial charge in [-0.1, -0.05) is 12.8 Å². The molecule has 0 spiro atoms. The second-order valence-electron chi connectivity index (χ2n) is 7.28. The van der Waals surface area contributed by atoms with Gasteiger partial charge in [-0.2, -0.15) is 4.31 Å². The Bertz CT molecular complexity index is 1110. The van der Waals surface area contributed by atoms with Crippen molar-refractivity contribution in [2.45, 2.75) is 30.6 Å². The Morgan fingerprint density at radius 1 is 1.00 bits per heavy atom. The van der Waals surface area contributed by atoms with Crippen LogP contribution >= 0.6 is 0 Å². The third-order valence-electron chi connectivity index (χ3n) is 5.26. The van der Waals surface area contributed by atoms with Gasteiger partial charge in [-0.15, -0.1) is 0 Å². The first-order valence-corrected chi connectivity index (χ1v) is 11.5. The summed E-state index contributed by atoms with van der Waals surface area (Å²) in [5.74, 6) is -0.300. The maximum Gasteiger partial charge on any atom is 0.271 e. The summed E-state index contributed by atoms with van der Waals surface area (Å²) in [6, 6.07) is 7.88. The average molecular weight is 464 g/mol. The van der Waals surface area contributed by atoms with Gasteiger partial charge in [0.25, 0.3) is 11.6 Å². The van der Waals surface area contributed by atoms with Crippen molar-refractivity contribution >= 4 is 27.3 Å². The lowest BCUT2D eigenvalue weighted by Crippen LogP contribution is -2.32. The van der Waals surface area contributed by atoms with E-state index < -0.39 is 20.9 Å². The lowest BCUT2D eigenvalue weighted by Gasteiger charge is -2.21. The molecule has 1 amide bonds. The van der Waals surface area contributed by atoms with Crippen molar-refractivity contribution in [1.29, 1.82) is 0 Å². The number of benzene rings is 2. The van der Waals surface area contributed by atoms with Gasteiger partial charge >= 0.3 is 0 Å².